The maximum atomic E-state index is 10.5. The van der Waals surface area contributed by atoms with Crippen LogP contribution in [0.25, 0.3) is 11.1 Å². The third-order valence-electron chi connectivity index (χ3n) is 3.67. The van der Waals surface area contributed by atoms with Gasteiger partial charge in [0.2, 0.25) is 0 Å². The van der Waals surface area contributed by atoms with Gasteiger partial charge in [-0.25, -0.2) is 0 Å². The highest BCUT2D eigenvalue weighted by molar-refractivity contribution is 7.11. The van der Waals surface area contributed by atoms with Gasteiger partial charge >= 0.3 is 0 Å². The van der Waals surface area contributed by atoms with Crippen LogP contribution in [0.3, 0.4) is 0 Å². The zero-order valence-electron chi connectivity index (χ0n) is 11.6. The summed E-state index contributed by atoms with van der Waals surface area (Å²) in [5.41, 5.74) is 7.00. The van der Waals surface area contributed by atoms with Crippen molar-refractivity contribution in [3.63, 3.8) is 0 Å². The minimum Gasteiger partial charge on any atom is -0.388 e. The number of nitrogens with zero attached hydrogens (tertiary/aromatic N) is 2. The molecule has 1 saturated heterocycles. The minimum absolute atomic E-state index is 0.464. The molecule has 6 nitrogen and oxygen atoms in total. The van der Waals surface area contributed by atoms with Crippen LogP contribution in [-0.2, 0) is 4.74 Å². The number of aliphatic hydroxyl groups is 1. The van der Waals surface area contributed by atoms with Crippen molar-refractivity contribution >= 4 is 22.4 Å². The minimum atomic E-state index is -0.733. The van der Waals surface area contributed by atoms with E-state index in [4.69, 9.17) is 10.5 Å². The molecule has 0 amide bonds. The average Bonchev–Trinajstić information content (AvgIpc) is 2.88. The molecule has 3 rings (SSSR count). The van der Waals surface area contributed by atoms with Crippen molar-refractivity contribution in [1.29, 1.82) is 0 Å². The summed E-state index contributed by atoms with van der Waals surface area (Å²) >= 11 is 1.30. The van der Waals surface area contributed by atoms with Crippen LogP contribution in [0.2, 0.25) is 0 Å². The number of pyridine rings is 1. The normalized spacial score (nSPS) is 17.6. The Bertz CT molecular complexity index is 596. The molecule has 112 valence electrons. The predicted octanol–water partition coefficient (Wildman–Crippen LogP) is 1.74. The molecule has 1 aliphatic rings. The molecule has 0 unspecified atom stereocenters. The van der Waals surface area contributed by atoms with Crippen molar-refractivity contribution in [3.05, 3.63) is 24.5 Å². The van der Waals surface area contributed by atoms with E-state index in [1.807, 2.05) is 12.1 Å². The van der Waals surface area contributed by atoms with Gasteiger partial charge in [0, 0.05) is 50.6 Å². The smallest absolute Gasteiger partial charge is 0.147 e. The van der Waals surface area contributed by atoms with Crippen LogP contribution in [0.1, 0.15) is 12.8 Å². The number of aromatic nitrogens is 2. The monoisotopic (exact) mass is 306 g/mol. The zero-order valence-corrected chi connectivity index (χ0v) is 12.4. The number of hydrogen-bond donors (Lipinski definition) is 3. The molecule has 2 aromatic rings. The van der Waals surface area contributed by atoms with E-state index in [0.29, 0.717) is 38.4 Å². The Kier molecular flexibility index (Phi) is 4.05. The van der Waals surface area contributed by atoms with Crippen LogP contribution < -0.4 is 11.1 Å². The Morgan fingerprint density at radius 3 is 2.95 bits per heavy atom. The quantitative estimate of drug-likeness (QED) is 0.796. The fourth-order valence-electron chi connectivity index (χ4n) is 2.39. The lowest BCUT2D eigenvalue weighted by atomic mass is 9.94. The Morgan fingerprint density at radius 2 is 2.24 bits per heavy atom. The van der Waals surface area contributed by atoms with Gasteiger partial charge in [-0.3, -0.25) is 4.98 Å². The standard InChI is InChI=1S/C14H18N4O2S/c15-12-11(10-2-1-5-16-8-10)13(21-18-12)17-9-14(19)3-6-20-7-4-14/h1-2,5,8,17,19H,3-4,6-7,9H2,(H2,15,18). The van der Waals surface area contributed by atoms with E-state index >= 15 is 0 Å². The number of anilines is 2. The number of ether oxygens (including phenoxy) is 1. The summed E-state index contributed by atoms with van der Waals surface area (Å²) < 4.78 is 9.49. The Hall–Kier alpha value is -1.70. The van der Waals surface area contributed by atoms with Crippen LogP contribution in [0.4, 0.5) is 10.8 Å². The molecule has 3 heterocycles. The predicted molar refractivity (Wildman–Crippen MR) is 83.2 cm³/mol. The molecular formula is C14H18N4O2S. The molecule has 0 atom stereocenters. The second-order valence-electron chi connectivity index (χ2n) is 5.20. The molecular weight excluding hydrogens is 288 g/mol. The summed E-state index contributed by atoms with van der Waals surface area (Å²) in [6.45, 7) is 1.65. The Labute approximate surface area is 127 Å². The molecule has 0 aromatic carbocycles. The number of hydrogen-bond acceptors (Lipinski definition) is 7. The highest BCUT2D eigenvalue weighted by Gasteiger charge is 2.30. The molecule has 7 heteroatoms. The van der Waals surface area contributed by atoms with Crippen LogP contribution in [0.15, 0.2) is 24.5 Å². The van der Waals surface area contributed by atoms with Crippen molar-refractivity contribution in [1.82, 2.24) is 9.36 Å². The lowest BCUT2D eigenvalue weighted by molar-refractivity contribution is -0.0543. The zero-order chi connectivity index (χ0) is 14.7. The average molecular weight is 306 g/mol. The molecule has 0 radical (unpaired) electrons. The number of nitrogens with one attached hydrogen (secondary N) is 1. The summed E-state index contributed by atoms with van der Waals surface area (Å²) in [7, 11) is 0. The summed E-state index contributed by atoms with van der Waals surface area (Å²) in [4.78, 5) is 4.11. The van der Waals surface area contributed by atoms with Crippen LogP contribution >= 0.6 is 11.5 Å². The largest absolute Gasteiger partial charge is 0.388 e. The fraction of sp³-hybridized carbons (Fsp3) is 0.429. The van der Waals surface area contributed by atoms with E-state index in [-0.39, 0.29) is 0 Å². The maximum absolute atomic E-state index is 10.5. The summed E-state index contributed by atoms with van der Waals surface area (Å²) in [5, 5.41) is 14.6. The summed E-state index contributed by atoms with van der Waals surface area (Å²) in [6.07, 6.45) is 4.75. The molecule has 2 aromatic heterocycles. The Morgan fingerprint density at radius 1 is 1.43 bits per heavy atom. The molecule has 21 heavy (non-hydrogen) atoms. The van der Waals surface area contributed by atoms with Gasteiger partial charge in [0.25, 0.3) is 0 Å². The second kappa shape index (κ2) is 5.97. The first-order valence-corrected chi connectivity index (χ1v) is 7.65. The van der Waals surface area contributed by atoms with Crippen molar-refractivity contribution in [3.8, 4) is 11.1 Å². The first kappa shape index (κ1) is 14.2. The molecule has 0 aliphatic carbocycles. The van der Waals surface area contributed by atoms with Gasteiger partial charge in [-0.2, -0.15) is 4.37 Å². The Balaban J connectivity index is 1.77. The van der Waals surface area contributed by atoms with Gasteiger partial charge in [-0.15, -0.1) is 0 Å². The lowest BCUT2D eigenvalue weighted by Gasteiger charge is -2.32. The number of rotatable bonds is 4. The topological polar surface area (TPSA) is 93.3 Å². The first-order valence-electron chi connectivity index (χ1n) is 6.87. The van der Waals surface area contributed by atoms with Crippen LogP contribution in [-0.4, -0.2) is 39.8 Å². The fourth-order valence-corrected chi connectivity index (χ4v) is 3.12. The SMILES string of the molecule is Nc1nsc(NCC2(O)CCOCC2)c1-c1cccnc1. The third kappa shape index (κ3) is 3.15. The van der Waals surface area contributed by atoms with Crippen LogP contribution in [0.5, 0.6) is 0 Å². The van der Waals surface area contributed by atoms with Gasteiger partial charge in [0.05, 0.1) is 11.2 Å². The van der Waals surface area contributed by atoms with Crippen molar-refractivity contribution in [2.75, 3.05) is 30.8 Å². The van der Waals surface area contributed by atoms with Crippen molar-refractivity contribution in [2.24, 2.45) is 0 Å². The number of nitrogen functional groups attached to an aromatic ring is 1. The molecule has 1 fully saturated rings. The summed E-state index contributed by atoms with van der Waals surface area (Å²) in [6, 6.07) is 3.81. The van der Waals surface area contributed by atoms with Gasteiger partial charge in [-0.1, -0.05) is 6.07 Å². The van der Waals surface area contributed by atoms with E-state index in [1.165, 1.54) is 11.5 Å². The second-order valence-corrected chi connectivity index (χ2v) is 5.98. The molecule has 0 spiro atoms. The molecule has 0 bridgehead atoms. The van der Waals surface area contributed by atoms with Crippen LogP contribution in [0, 0.1) is 0 Å². The highest BCUT2D eigenvalue weighted by atomic mass is 32.1. The molecule has 4 N–H and O–H groups in total. The van der Waals surface area contributed by atoms with E-state index in [2.05, 4.69) is 14.7 Å². The first-order chi connectivity index (χ1) is 10.2. The maximum Gasteiger partial charge on any atom is 0.147 e. The van der Waals surface area contributed by atoms with Gasteiger partial charge in [0.1, 0.15) is 10.8 Å². The van der Waals surface area contributed by atoms with Gasteiger partial charge in [0.15, 0.2) is 0 Å². The summed E-state index contributed by atoms with van der Waals surface area (Å²) in [5.74, 6) is 0.481. The molecule has 1 aliphatic heterocycles. The van der Waals surface area contributed by atoms with Crippen molar-refractivity contribution < 1.29 is 9.84 Å². The molecule has 0 saturated carbocycles. The van der Waals surface area contributed by atoms with Gasteiger partial charge in [-0.05, 0) is 17.6 Å². The van der Waals surface area contributed by atoms with E-state index in [9.17, 15) is 5.11 Å². The van der Waals surface area contributed by atoms with E-state index < -0.39 is 5.60 Å². The van der Waals surface area contributed by atoms with E-state index in [0.717, 1.165) is 16.1 Å². The highest BCUT2D eigenvalue weighted by Crippen LogP contribution is 2.36. The number of nitrogens with two attached hydrogens (primary N) is 1. The van der Waals surface area contributed by atoms with E-state index in [1.54, 1.807) is 12.4 Å². The van der Waals surface area contributed by atoms with Crippen molar-refractivity contribution in [2.45, 2.75) is 18.4 Å². The third-order valence-corrected chi connectivity index (χ3v) is 4.49. The van der Waals surface area contributed by atoms with Gasteiger partial charge < -0.3 is 20.9 Å². The lowest BCUT2D eigenvalue weighted by Crippen LogP contribution is -2.42.